The smallest absolute Gasteiger partial charge is 0.410 e. The van der Waals surface area contributed by atoms with Crippen LogP contribution in [0.15, 0.2) is 35.5 Å². The highest BCUT2D eigenvalue weighted by molar-refractivity contribution is 7.90. The predicted octanol–water partition coefficient (Wildman–Crippen LogP) is 8.83. The topological polar surface area (TPSA) is 115 Å². The Morgan fingerprint density at radius 3 is 2.34 bits per heavy atom. The summed E-state index contributed by atoms with van der Waals surface area (Å²) in [5.74, 6) is 2.09. The molecule has 0 unspecified atom stereocenters. The van der Waals surface area contributed by atoms with Gasteiger partial charge in [-0.25, -0.2) is 36.9 Å². The van der Waals surface area contributed by atoms with Gasteiger partial charge in [-0.3, -0.25) is 4.90 Å². The lowest BCUT2D eigenvalue weighted by Crippen LogP contribution is -2.65. The Labute approximate surface area is 329 Å². The molecular formula is C42H51F2N5O5SSi. The molecule has 0 spiro atoms. The minimum Gasteiger partial charge on any atom is -0.472 e. The zero-order valence-electron chi connectivity index (χ0n) is 33.5. The fourth-order valence-corrected chi connectivity index (χ4v) is 14.1. The van der Waals surface area contributed by atoms with Gasteiger partial charge in [-0.1, -0.05) is 70.2 Å². The van der Waals surface area contributed by atoms with E-state index in [-0.39, 0.29) is 58.1 Å². The second-order valence-corrected chi connectivity index (χ2v) is 22.9. The van der Waals surface area contributed by atoms with E-state index < -0.39 is 58.5 Å². The Bertz CT molecular complexity index is 2380. The number of amides is 1. The highest BCUT2D eigenvalue weighted by atomic mass is 32.2. The van der Waals surface area contributed by atoms with E-state index in [1.54, 1.807) is 23.1 Å². The third kappa shape index (κ3) is 7.10. The summed E-state index contributed by atoms with van der Waals surface area (Å²) in [5, 5.41) is 0.655. The zero-order chi connectivity index (χ0) is 40.3. The van der Waals surface area contributed by atoms with Crippen molar-refractivity contribution >= 4 is 51.5 Å². The number of carbonyl (C=O) groups is 1. The standard InChI is InChI=1S/C42H51F2N5O5SSi/c1-9-20-56(21-10-2,22-11-3)23-19-28-30(43)17-15-26-13-12-14-29(32(26)28)35-34(44)36-33-38(47-40(46-36)55(8,51)52)48-24-27-16-18-31(37(48)25(4)53-39(33)45-35)49(27)41(50)54-42(5,6)7/h12-15,17,25,27,31,37H,9-11,16,18,20-22,24H2,1-8H3/t25-,27+,31-,37+/m0/s1. The molecule has 14 heteroatoms. The normalized spacial score (nSPS) is 20.7. The van der Waals surface area contributed by atoms with Gasteiger partial charge < -0.3 is 14.4 Å². The van der Waals surface area contributed by atoms with Crippen molar-refractivity contribution in [2.75, 3.05) is 17.7 Å². The minimum atomic E-state index is -4.04. The van der Waals surface area contributed by atoms with Crippen LogP contribution >= 0.6 is 0 Å². The van der Waals surface area contributed by atoms with Crippen LogP contribution in [0.4, 0.5) is 19.4 Å². The summed E-state index contributed by atoms with van der Waals surface area (Å²) in [5.41, 5.74) is 2.94. The number of hydrogen-bond donors (Lipinski definition) is 0. The number of sulfone groups is 1. The van der Waals surface area contributed by atoms with E-state index >= 15 is 8.78 Å². The van der Waals surface area contributed by atoms with Crippen LogP contribution in [0.1, 0.15) is 86.1 Å². The lowest BCUT2D eigenvalue weighted by atomic mass is 9.96. The van der Waals surface area contributed by atoms with Gasteiger partial charge in [-0.15, -0.1) is 5.54 Å². The lowest BCUT2D eigenvalue weighted by Gasteiger charge is -2.48. The van der Waals surface area contributed by atoms with E-state index in [0.29, 0.717) is 23.6 Å². The molecule has 2 bridgehead atoms. The molecule has 0 radical (unpaired) electrons. The summed E-state index contributed by atoms with van der Waals surface area (Å²) in [4.78, 5) is 31.0. The summed E-state index contributed by atoms with van der Waals surface area (Å²) >= 11 is 0. The van der Waals surface area contributed by atoms with Crippen molar-refractivity contribution in [1.82, 2.24) is 19.9 Å². The molecule has 4 atom stereocenters. The molecule has 4 aromatic rings. The van der Waals surface area contributed by atoms with Crippen molar-refractivity contribution in [3.05, 3.63) is 47.5 Å². The Morgan fingerprint density at radius 1 is 1.00 bits per heavy atom. The molecule has 56 heavy (non-hydrogen) atoms. The number of carbonyl (C=O) groups excluding carboxylic acids is 1. The lowest BCUT2D eigenvalue weighted by molar-refractivity contribution is 0.000948. The molecule has 2 saturated heterocycles. The van der Waals surface area contributed by atoms with Gasteiger partial charge in [0.05, 0.1) is 23.7 Å². The van der Waals surface area contributed by atoms with Crippen LogP contribution in [0.2, 0.25) is 18.1 Å². The van der Waals surface area contributed by atoms with Gasteiger partial charge in [0, 0.05) is 23.8 Å². The predicted molar refractivity (Wildman–Crippen MR) is 217 cm³/mol. The highest BCUT2D eigenvalue weighted by Crippen LogP contribution is 2.47. The van der Waals surface area contributed by atoms with Gasteiger partial charge in [0.1, 0.15) is 48.0 Å². The SMILES string of the molecule is CCC[Si](C#Cc1c(F)ccc2cccc(-c3nc4c5c(nc(S(C)(=O)=O)nc5c3F)N3C[C@H]5CC[C@@H]([C@H]3[C@H](C)O4)N5C(=O)OC(C)(C)C)c12)(CCC)CCC. The van der Waals surface area contributed by atoms with Gasteiger partial charge in [0.15, 0.2) is 5.82 Å². The van der Waals surface area contributed by atoms with Gasteiger partial charge in [0.25, 0.3) is 0 Å². The summed E-state index contributed by atoms with van der Waals surface area (Å²) in [6, 6.07) is 10.2. The van der Waals surface area contributed by atoms with E-state index in [0.717, 1.165) is 43.7 Å². The maximum atomic E-state index is 17.4. The van der Waals surface area contributed by atoms with Crippen LogP contribution < -0.4 is 9.64 Å². The Balaban J connectivity index is 1.45. The van der Waals surface area contributed by atoms with Gasteiger partial charge in [-0.05, 0) is 70.1 Å². The number of anilines is 1. The van der Waals surface area contributed by atoms with Crippen LogP contribution in [-0.2, 0) is 14.6 Å². The van der Waals surface area contributed by atoms with Crippen LogP contribution in [0.25, 0.3) is 32.9 Å². The van der Waals surface area contributed by atoms with E-state index in [2.05, 4.69) is 42.2 Å². The maximum Gasteiger partial charge on any atom is 0.410 e. The second-order valence-electron chi connectivity index (χ2n) is 16.7. The van der Waals surface area contributed by atoms with Gasteiger partial charge in [0.2, 0.25) is 20.9 Å². The van der Waals surface area contributed by atoms with Crippen LogP contribution in [0, 0.1) is 23.1 Å². The molecule has 2 aromatic carbocycles. The Kier molecular flexibility index (Phi) is 10.6. The molecule has 2 aromatic heterocycles. The summed E-state index contributed by atoms with van der Waals surface area (Å²) < 4.78 is 72.2. The maximum absolute atomic E-state index is 17.4. The van der Waals surface area contributed by atoms with Crippen molar-refractivity contribution in [2.45, 2.75) is 134 Å². The Hall–Kier alpha value is -4.35. The van der Waals surface area contributed by atoms with Crippen LogP contribution in [-0.4, -0.2) is 85.1 Å². The van der Waals surface area contributed by atoms with Crippen molar-refractivity contribution in [2.24, 2.45) is 0 Å². The number of aromatic nitrogens is 3. The number of hydrogen-bond acceptors (Lipinski definition) is 9. The second kappa shape index (κ2) is 14.9. The molecule has 3 aliphatic rings. The largest absolute Gasteiger partial charge is 0.472 e. The fraction of sp³-hybridized carbons (Fsp3) is 0.524. The van der Waals surface area contributed by atoms with E-state index in [9.17, 15) is 13.2 Å². The number of fused-ring (bicyclic) bond motifs is 6. The van der Waals surface area contributed by atoms with Crippen LogP contribution in [0.5, 0.6) is 5.88 Å². The molecule has 298 valence electrons. The molecule has 0 saturated carbocycles. The molecule has 5 heterocycles. The van der Waals surface area contributed by atoms with Crippen molar-refractivity contribution in [3.8, 4) is 28.6 Å². The molecule has 10 nitrogen and oxygen atoms in total. The molecular weight excluding hydrogens is 753 g/mol. The van der Waals surface area contributed by atoms with E-state index in [1.807, 2.05) is 38.7 Å². The number of ether oxygens (including phenoxy) is 2. The first kappa shape index (κ1) is 39.9. The number of halogens is 2. The number of piperazine rings is 1. The first-order valence-corrected chi connectivity index (χ1v) is 24.3. The molecule has 7 rings (SSSR count). The monoisotopic (exact) mass is 803 g/mol. The van der Waals surface area contributed by atoms with Crippen LogP contribution in [0.3, 0.4) is 0 Å². The first-order chi connectivity index (χ1) is 26.5. The zero-order valence-corrected chi connectivity index (χ0v) is 35.3. The number of pyridine rings is 1. The third-order valence-electron chi connectivity index (χ3n) is 11.3. The number of benzene rings is 2. The third-order valence-corrected chi connectivity index (χ3v) is 17.2. The van der Waals surface area contributed by atoms with Gasteiger partial charge in [-0.2, -0.15) is 0 Å². The Morgan fingerprint density at radius 2 is 1.70 bits per heavy atom. The average molecular weight is 804 g/mol. The van der Waals surface area contributed by atoms with E-state index in [1.165, 1.54) is 6.07 Å². The van der Waals surface area contributed by atoms with Crippen molar-refractivity contribution in [1.29, 1.82) is 0 Å². The quantitative estimate of drug-likeness (QED) is 0.0980. The van der Waals surface area contributed by atoms with Crippen molar-refractivity contribution < 1.29 is 31.5 Å². The fourth-order valence-electron chi connectivity index (χ4n) is 9.23. The first-order valence-electron chi connectivity index (χ1n) is 19.8. The minimum absolute atomic E-state index is 0.0225. The molecule has 3 aliphatic heterocycles. The van der Waals surface area contributed by atoms with E-state index in [4.69, 9.17) is 14.5 Å². The summed E-state index contributed by atoms with van der Waals surface area (Å²) in [7, 11) is -6.11. The van der Waals surface area contributed by atoms with Crippen molar-refractivity contribution in [3.63, 3.8) is 0 Å². The molecule has 1 amide bonds. The number of nitrogens with zero attached hydrogens (tertiary/aromatic N) is 5. The molecule has 0 aliphatic carbocycles. The average Bonchev–Trinajstić information content (AvgIpc) is 3.37. The summed E-state index contributed by atoms with van der Waals surface area (Å²) in [6.45, 7) is 14.1. The summed E-state index contributed by atoms with van der Waals surface area (Å²) in [6.07, 6.45) is 4.26. The highest BCUT2D eigenvalue weighted by Gasteiger charge is 2.54. The molecule has 0 N–H and O–H groups in total. The number of rotatable bonds is 8. The van der Waals surface area contributed by atoms with Gasteiger partial charge >= 0.3 is 6.09 Å². The molecule has 2 fully saturated rings.